The zero-order valence-electron chi connectivity index (χ0n) is 8.90. The summed E-state index contributed by atoms with van der Waals surface area (Å²) in [6, 6.07) is 1.64. The number of aromatic nitrogens is 2. The molecule has 1 atom stereocenters. The molecule has 15 heavy (non-hydrogen) atoms. The highest BCUT2D eigenvalue weighted by molar-refractivity contribution is 5.94. The third-order valence-electron chi connectivity index (χ3n) is 2.01. The molecule has 0 fully saturated rings. The Morgan fingerprint density at radius 3 is 3.00 bits per heavy atom. The second-order valence-electron chi connectivity index (χ2n) is 3.35. The van der Waals surface area contributed by atoms with Gasteiger partial charge in [0.1, 0.15) is 6.04 Å². The number of aryl methyl sites for hydroxylation is 1. The van der Waals surface area contributed by atoms with Crippen LogP contribution in [0.15, 0.2) is 12.4 Å². The molecule has 1 unspecified atom stereocenters. The highest BCUT2D eigenvalue weighted by Gasteiger charge is 2.13. The van der Waals surface area contributed by atoms with Gasteiger partial charge in [-0.2, -0.15) is 10.4 Å². The molecule has 1 amide bonds. The first kappa shape index (κ1) is 11.2. The molecule has 5 heteroatoms. The number of nitrogens with zero attached hydrogens (tertiary/aromatic N) is 3. The predicted molar refractivity (Wildman–Crippen MR) is 55.0 cm³/mol. The lowest BCUT2D eigenvalue weighted by atomic mass is 10.2. The molecule has 5 nitrogen and oxygen atoms in total. The minimum atomic E-state index is -0.414. The highest BCUT2D eigenvalue weighted by Crippen LogP contribution is 2.00. The molecule has 0 aromatic carbocycles. The standard InChI is InChI=1S/C10H14N4O/c1-3-4-9(5-11)13-10(15)8-6-12-14(2)7-8/h6-7,9H,3-4H2,1-2H3,(H,13,15). The van der Waals surface area contributed by atoms with Gasteiger partial charge in [-0.15, -0.1) is 0 Å². The van der Waals surface area contributed by atoms with Crippen molar-refractivity contribution in [2.75, 3.05) is 0 Å². The van der Waals surface area contributed by atoms with E-state index in [2.05, 4.69) is 16.5 Å². The molecule has 1 heterocycles. The average molecular weight is 206 g/mol. The lowest BCUT2D eigenvalue weighted by Crippen LogP contribution is -2.33. The normalized spacial score (nSPS) is 11.8. The van der Waals surface area contributed by atoms with E-state index >= 15 is 0 Å². The molecule has 0 saturated carbocycles. The van der Waals surface area contributed by atoms with Crippen LogP contribution in [0, 0.1) is 11.3 Å². The number of nitriles is 1. The van der Waals surface area contributed by atoms with E-state index in [1.54, 1.807) is 17.9 Å². The molecule has 0 aliphatic heterocycles. The summed E-state index contributed by atoms with van der Waals surface area (Å²) in [5.74, 6) is -0.247. The third kappa shape index (κ3) is 3.09. The number of hydrogen-bond donors (Lipinski definition) is 1. The monoisotopic (exact) mass is 206 g/mol. The van der Waals surface area contributed by atoms with E-state index in [-0.39, 0.29) is 5.91 Å². The van der Waals surface area contributed by atoms with Gasteiger partial charge in [0.25, 0.3) is 5.91 Å². The van der Waals surface area contributed by atoms with Crippen LogP contribution in [0.3, 0.4) is 0 Å². The van der Waals surface area contributed by atoms with Crippen LogP contribution in [0.2, 0.25) is 0 Å². The van der Waals surface area contributed by atoms with Gasteiger partial charge in [0.2, 0.25) is 0 Å². The summed E-state index contributed by atoms with van der Waals surface area (Å²) >= 11 is 0. The number of rotatable bonds is 4. The van der Waals surface area contributed by atoms with Crippen LogP contribution >= 0.6 is 0 Å². The summed E-state index contributed by atoms with van der Waals surface area (Å²) in [4.78, 5) is 11.6. The Bertz CT molecular complexity index is 377. The van der Waals surface area contributed by atoms with Gasteiger partial charge in [-0.1, -0.05) is 13.3 Å². The fourth-order valence-electron chi connectivity index (χ4n) is 1.24. The number of carbonyl (C=O) groups is 1. The summed E-state index contributed by atoms with van der Waals surface area (Å²) in [7, 11) is 1.74. The maximum atomic E-state index is 11.6. The van der Waals surface area contributed by atoms with Gasteiger partial charge in [-0.05, 0) is 6.42 Å². The van der Waals surface area contributed by atoms with E-state index in [4.69, 9.17) is 5.26 Å². The Morgan fingerprint density at radius 2 is 2.53 bits per heavy atom. The van der Waals surface area contributed by atoms with Crippen LogP contribution in [0.4, 0.5) is 0 Å². The van der Waals surface area contributed by atoms with Crippen molar-refractivity contribution in [3.05, 3.63) is 18.0 Å². The molecule has 1 rings (SSSR count). The molecule has 1 aromatic heterocycles. The maximum Gasteiger partial charge on any atom is 0.255 e. The van der Waals surface area contributed by atoms with Crippen molar-refractivity contribution in [2.24, 2.45) is 7.05 Å². The molecule has 1 N–H and O–H groups in total. The summed E-state index contributed by atoms with van der Waals surface area (Å²) in [6.07, 6.45) is 4.64. The minimum absolute atomic E-state index is 0.247. The lowest BCUT2D eigenvalue weighted by molar-refractivity contribution is 0.0944. The molecular weight excluding hydrogens is 192 g/mol. The van der Waals surface area contributed by atoms with Gasteiger partial charge >= 0.3 is 0 Å². The highest BCUT2D eigenvalue weighted by atomic mass is 16.1. The van der Waals surface area contributed by atoms with Crippen molar-refractivity contribution in [3.8, 4) is 6.07 Å². The van der Waals surface area contributed by atoms with Gasteiger partial charge in [-0.3, -0.25) is 9.48 Å². The molecular formula is C10H14N4O. The van der Waals surface area contributed by atoms with Crippen molar-refractivity contribution in [2.45, 2.75) is 25.8 Å². The molecule has 0 aliphatic carbocycles. The van der Waals surface area contributed by atoms with Crippen LogP contribution < -0.4 is 5.32 Å². The molecule has 0 spiro atoms. The van der Waals surface area contributed by atoms with Crippen LogP contribution in [-0.4, -0.2) is 21.7 Å². The largest absolute Gasteiger partial charge is 0.336 e. The van der Waals surface area contributed by atoms with Crippen LogP contribution in [0.1, 0.15) is 30.1 Å². The Morgan fingerprint density at radius 1 is 1.80 bits per heavy atom. The van der Waals surface area contributed by atoms with E-state index in [1.807, 2.05) is 6.92 Å². The zero-order chi connectivity index (χ0) is 11.3. The molecule has 80 valence electrons. The zero-order valence-corrected chi connectivity index (χ0v) is 8.90. The maximum absolute atomic E-state index is 11.6. The average Bonchev–Trinajstić information content (AvgIpc) is 2.64. The molecule has 0 saturated heterocycles. The van der Waals surface area contributed by atoms with Gasteiger partial charge in [-0.25, -0.2) is 0 Å². The predicted octanol–water partition coefficient (Wildman–Crippen LogP) is 0.842. The fraction of sp³-hybridized carbons (Fsp3) is 0.500. The molecule has 0 radical (unpaired) electrons. The first-order chi connectivity index (χ1) is 7.17. The Kier molecular flexibility index (Phi) is 3.86. The van der Waals surface area contributed by atoms with Gasteiger partial charge in [0.15, 0.2) is 0 Å². The van der Waals surface area contributed by atoms with E-state index in [9.17, 15) is 4.79 Å². The van der Waals surface area contributed by atoms with Crippen LogP contribution in [-0.2, 0) is 7.05 Å². The number of amides is 1. The second-order valence-corrected chi connectivity index (χ2v) is 3.35. The summed E-state index contributed by atoms with van der Waals surface area (Å²) < 4.78 is 1.55. The Balaban J connectivity index is 2.59. The van der Waals surface area contributed by atoms with Crippen molar-refractivity contribution in [1.29, 1.82) is 5.26 Å². The smallest absolute Gasteiger partial charge is 0.255 e. The number of carbonyl (C=O) groups excluding carboxylic acids is 1. The number of nitrogens with one attached hydrogen (secondary N) is 1. The molecule has 1 aromatic rings. The lowest BCUT2D eigenvalue weighted by Gasteiger charge is -2.08. The van der Waals surface area contributed by atoms with Crippen molar-refractivity contribution < 1.29 is 4.79 Å². The van der Waals surface area contributed by atoms with Gasteiger partial charge in [0.05, 0.1) is 17.8 Å². The van der Waals surface area contributed by atoms with Gasteiger partial charge < -0.3 is 5.32 Å². The quantitative estimate of drug-likeness (QED) is 0.793. The minimum Gasteiger partial charge on any atom is -0.336 e. The third-order valence-corrected chi connectivity index (χ3v) is 2.01. The van der Waals surface area contributed by atoms with E-state index in [0.29, 0.717) is 12.0 Å². The van der Waals surface area contributed by atoms with Crippen LogP contribution in [0.25, 0.3) is 0 Å². The topological polar surface area (TPSA) is 70.7 Å². The SMILES string of the molecule is CCCC(C#N)NC(=O)c1cnn(C)c1. The van der Waals surface area contributed by atoms with E-state index in [0.717, 1.165) is 6.42 Å². The molecule has 0 bridgehead atoms. The Hall–Kier alpha value is -1.83. The van der Waals surface area contributed by atoms with Crippen molar-refractivity contribution in [3.63, 3.8) is 0 Å². The van der Waals surface area contributed by atoms with Crippen molar-refractivity contribution in [1.82, 2.24) is 15.1 Å². The summed E-state index contributed by atoms with van der Waals surface area (Å²) in [5.41, 5.74) is 0.480. The first-order valence-electron chi connectivity index (χ1n) is 4.86. The number of hydrogen-bond acceptors (Lipinski definition) is 3. The summed E-state index contributed by atoms with van der Waals surface area (Å²) in [5, 5.41) is 15.3. The summed E-state index contributed by atoms with van der Waals surface area (Å²) in [6.45, 7) is 1.97. The van der Waals surface area contributed by atoms with E-state index in [1.165, 1.54) is 6.20 Å². The van der Waals surface area contributed by atoms with E-state index < -0.39 is 6.04 Å². The van der Waals surface area contributed by atoms with Crippen molar-refractivity contribution >= 4 is 5.91 Å². The van der Waals surface area contributed by atoms with Gasteiger partial charge in [0, 0.05) is 13.2 Å². The Labute approximate surface area is 88.7 Å². The first-order valence-corrected chi connectivity index (χ1v) is 4.86. The molecule has 0 aliphatic rings. The second kappa shape index (κ2) is 5.15. The fourth-order valence-corrected chi connectivity index (χ4v) is 1.24. The van der Waals surface area contributed by atoms with Crippen LogP contribution in [0.5, 0.6) is 0 Å².